The summed E-state index contributed by atoms with van der Waals surface area (Å²) in [5, 5.41) is 0.348. The van der Waals surface area contributed by atoms with E-state index in [1.54, 1.807) is 0 Å². The van der Waals surface area contributed by atoms with Gasteiger partial charge in [-0.1, -0.05) is 56.2 Å². The molecule has 3 heteroatoms. The highest BCUT2D eigenvalue weighted by Gasteiger charge is 2.40. The molecule has 1 unspecified atom stereocenters. The second-order valence-corrected chi connectivity index (χ2v) is 12.6. The van der Waals surface area contributed by atoms with Gasteiger partial charge in [0.05, 0.1) is 6.10 Å². The van der Waals surface area contributed by atoms with Crippen molar-refractivity contribution < 1.29 is 4.43 Å². The summed E-state index contributed by atoms with van der Waals surface area (Å²) in [6.45, 7) is 11.7. The van der Waals surface area contributed by atoms with Crippen LogP contribution in [0.25, 0.3) is 0 Å². The van der Waals surface area contributed by atoms with Crippen molar-refractivity contribution in [3.63, 3.8) is 0 Å². The molecule has 1 rings (SSSR count). The molecular weight excluding hydrogens is 315 g/mol. The fraction of sp³-hybridized carbons (Fsp3) is 1.00. The van der Waals surface area contributed by atoms with Gasteiger partial charge in [-0.2, -0.15) is 0 Å². The lowest BCUT2D eigenvalue weighted by atomic mass is 9.98. The SMILES string of the molecule is CC(C)(C)[Si](C)(C)O[C@H]1CCCCC1I. The molecule has 0 spiro atoms. The Labute approximate surface area is 110 Å². The van der Waals surface area contributed by atoms with Crippen molar-refractivity contribution in [2.75, 3.05) is 0 Å². The Bertz CT molecular complexity index is 210. The molecule has 0 heterocycles. The van der Waals surface area contributed by atoms with Crippen molar-refractivity contribution in [3.05, 3.63) is 0 Å². The quantitative estimate of drug-likeness (QED) is 0.400. The van der Waals surface area contributed by atoms with Crippen LogP contribution in [0.3, 0.4) is 0 Å². The zero-order valence-electron chi connectivity index (χ0n) is 10.8. The molecule has 1 aliphatic rings. The molecule has 0 bridgehead atoms. The van der Waals surface area contributed by atoms with Crippen molar-refractivity contribution in [1.82, 2.24) is 0 Å². The van der Waals surface area contributed by atoms with Crippen LogP contribution in [0.15, 0.2) is 0 Å². The highest BCUT2D eigenvalue weighted by atomic mass is 127. The van der Waals surface area contributed by atoms with Gasteiger partial charge in [0, 0.05) is 3.92 Å². The van der Waals surface area contributed by atoms with Crippen LogP contribution < -0.4 is 0 Å². The average molecular weight is 340 g/mol. The fourth-order valence-electron chi connectivity index (χ4n) is 1.74. The third kappa shape index (κ3) is 3.70. The van der Waals surface area contributed by atoms with E-state index in [1.165, 1.54) is 25.7 Å². The average Bonchev–Trinajstić information content (AvgIpc) is 2.06. The summed E-state index contributed by atoms with van der Waals surface area (Å²) in [6.07, 6.45) is 5.91. The Morgan fingerprint density at radius 1 is 1.13 bits per heavy atom. The van der Waals surface area contributed by atoms with E-state index < -0.39 is 8.32 Å². The minimum atomic E-state index is -1.54. The number of halogens is 1. The molecule has 0 radical (unpaired) electrons. The van der Waals surface area contributed by atoms with Crippen LogP contribution in [0.5, 0.6) is 0 Å². The molecule has 0 aliphatic heterocycles. The normalized spacial score (nSPS) is 29.2. The van der Waals surface area contributed by atoms with Gasteiger partial charge in [0.2, 0.25) is 0 Å². The molecule has 0 amide bonds. The second-order valence-electron chi connectivity index (χ2n) is 6.22. The van der Waals surface area contributed by atoms with Gasteiger partial charge >= 0.3 is 0 Å². The lowest BCUT2D eigenvalue weighted by Gasteiger charge is -2.41. The topological polar surface area (TPSA) is 9.23 Å². The fourth-order valence-corrected chi connectivity index (χ4v) is 4.36. The maximum absolute atomic E-state index is 6.49. The highest BCUT2D eigenvalue weighted by Crippen LogP contribution is 2.40. The minimum Gasteiger partial charge on any atom is -0.413 e. The molecule has 0 aromatic heterocycles. The monoisotopic (exact) mass is 340 g/mol. The Balaban J connectivity index is 2.59. The van der Waals surface area contributed by atoms with Gasteiger partial charge in [-0.05, 0) is 31.0 Å². The van der Waals surface area contributed by atoms with Gasteiger partial charge in [0.25, 0.3) is 0 Å². The van der Waals surface area contributed by atoms with Gasteiger partial charge in [0.15, 0.2) is 8.32 Å². The zero-order valence-corrected chi connectivity index (χ0v) is 13.9. The summed E-state index contributed by atoms with van der Waals surface area (Å²) in [4.78, 5) is 0. The van der Waals surface area contributed by atoms with E-state index in [2.05, 4.69) is 56.5 Å². The van der Waals surface area contributed by atoms with Crippen LogP contribution in [0.1, 0.15) is 46.5 Å². The Morgan fingerprint density at radius 3 is 2.13 bits per heavy atom. The lowest BCUT2D eigenvalue weighted by molar-refractivity contribution is 0.149. The van der Waals surface area contributed by atoms with Gasteiger partial charge in [-0.3, -0.25) is 0 Å². The first-order valence-corrected chi connectivity index (χ1v) is 10.2. The summed E-state index contributed by atoms with van der Waals surface area (Å²) in [5.74, 6) is 0. The van der Waals surface area contributed by atoms with Crippen molar-refractivity contribution in [3.8, 4) is 0 Å². The number of hydrogen-bond donors (Lipinski definition) is 0. The van der Waals surface area contributed by atoms with Crippen LogP contribution in [0, 0.1) is 0 Å². The zero-order chi connectivity index (χ0) is 11.7. The molecule has 1 fully saturated rings. The molecule has 0 aromatic carbocycles. The summed E-state index contributed by atoms with van der Waals surface area (Å²) < 4.78 is 7.23. The van der Waals surface area contributed by atoms with Crippen LogP contribution in [-0.4, -0.2) is 18.3 Å². The molecule has 90 valence electrons. The third-order valence-corrected chi connectivity index (χ3v) is 9.80. The Hall–Kier alpha value is 0.907. The van der Waals surface area contributed by atoms with Gasteiger partial charge in [0.1, 0.15) is 0 Å². The molecular formula is C12H25IOSi. The maximum atomic E-state index is 6.49. The maximum Gasteiger partial charge on any atom is 0.192 e. The first-order chi connectivity index (χ1) is 6.74. The minimum absolute atomic E-state index is 0.348. The molecule has 0 saturated heterocycles. The van der Waals surface area contributed by atoms with Crippen molar-refractivity contribution >= 4 is 30.9 Å². The van der Waals surface area contributed by atoms with E-state index in [0.29, 0.717) is 11.1 Å². The summed E-state index contributed by atoms with van der Waals surface area (Å²) in [7, 11) is -1.54. The number of hydrogen-bond acceptors (Lipinski definition) is 1. The molecule has 1 aliphatic carbocycles. The Morgan fingerprint density at radius 2 is 1.67 bits per heavy atom. The van der Waals surface area contributed by atoms with E-state index >= 15 is 0 Å². The van der Waals surface area contributed by atoms with Crippen LogP contribution in [0.2, 0.25) is 18.1 Å². The summed E-state index contributed by atoms with van der Waals surface area (Å²) in [6, 6.07) is 0. The smallest absolute Gasteiger partial charge is 0.192 e. The third-order valence-electron chi connectivity index (χ3n) is 3.87. The van der Waals surface area contributed by atoms with Gasteiger partial charge < -0.3 is 4.43 Å². The van der Waals surface area contributed by atoms with Crippen LogP contribution in [-0.2, 0) is 4.43 Å². The van der Waals surface area contributed by atoms with E-state index in [-0.39, 0.29) is 0 Å². The number of rotatable bonds is 2. The first-order valence-electron chi connectivity index (χ1n) is 6.06. The largest absolute Gasteiger partial charge is 0.413 e. The molecule has 1 saturated carbocycles. The Kier molecular flexibility index (Phi) is 4.70. The predicted molar refractivity (Wildman–Crippen MR) is 78.3 cm³/mol. The molecule has 1 nitrogen and oxygen atoms in total. The van der Waals surface area contributed by atoms with Crippen molar-refractivity contribution in [2.45, 2.75) is 74.6 Å². The van der Waals surface area contributed by atoms with E-state index in [0.717, 1.165) is 3.92 Å². The predicted octanol–water partition coefficient (Wildman–Crippen LogP) is 4.75. The van der Waals surface area contributed by atoms with E-state index in [4.69, 9.17) is 4.43 Å². The highest BCUT2D eigenvalue weighted by molar-refractivity contribution is 14.1. The van der Waals surface area contributed by atoms with Crippen molar-refractivity contribution in [2.24, 2.45) is 0 Å². The van der Waals surface area contributed by atoms with Crippen molar-refractivity contribution in [1.29, 1.82) is 0 Å². The lowest BCUT2D eigenvalue weighted by Crippen LogP contribution is -2.46. The standard InChI is InChI=1S/C12H25IOSi/c1-12(2,3)15(4,5)14-11-9-7-6-8-10(11)13/h10-11H,6-9H2,1-5H3/t10?,11-/m0/s1. The molecule has 0 N–H and O–H groups in total. The summed E-state index contributed by atoms with van der Waals surface area (Å²) >= 11 is 2.58. The van der Waals surface area contributed by atoms with Crippen LogP contribution in [0.4, 0.5) is 0 Å². The first kappa shape index (κ1) is 14.0. The number of alkyl halides is 1. The molecule has 15 heavy (non-hydrogen) atoms. The van der Waals surface area contributed by atoms with Gasteiger partial charge in [-0.15, -0.1) is 0 Å². The van der Waals surface area contributed by atoms with Gasteiger partial charge in [-0.25, -0.2) is 0 Å². The second kappa shape index (κ2) is 5.04. The molecule has 0 aromatic rings. The van der Waals surface area contributed by atoms with Crippen LogP contribution >= 0.6 is 22.6 Å². The summed E-state index contributed by atoms with van der Waals surface area (Å²) in [5.41, 5.74) is 0. The molecule has 2 atom stereocenters. The van der Waals surface area contributed by atoms with E-state index in [1.807, 2.05) is 0 Å². The van der Waals surface area contributed by atoms with E-state index in [9.17, 15) is 0 Å².